The van der Waals surface area contributed by atoms with Crippen LogP contribution in [0.5, 0.6) is 0 Å². The van der Waals surface area contributed by atoms with Gasteiger partial charge in [-0.2, -0.15) is 0 Å². The van der Waals surface area contributed by atoms with Crippen LogP contribution in [-0.2, 0) is 4.74 Å². The molecular formula is C11H8FNO2S. The summed E-state index contributed by atoms with van der Waals surface area (Å²) in [6.45, 7) is 0. The van der Waals surface area contributed by atoms with E-state index in [1.807, 2.05) is 0 Å². The van der Waals surface area contributed by atoms with Gasteiger partial charge in [-0.05, 0) is 6.07 Å². The predicted octanol–water partition coefficient (Wildman–Crippen LogP) is 2.74. The highest BCUT2D eigenvalue weighted by molar-refractivity contribution is 7.13. The highest BCUT2D eigenvalue weighted by atomic mass is 32.1. The number of carbonyl (C=O) groups is 1. The number of halogens is 1. The summed E-state index contributed by atoms with van der Waals surface area (Å²) >= 11 is 1.21. The summed E-state index contributed by atoms with van der Waals surface area (Å²) in [6, 6.07) is 6.25. The van der Waals surface area contributed by atoms with E-state index in [0.29, 0.717) is 10.4 Å². The van der Waals surface area contributed by atoms with E-state index in [9.17, 15) is 9.18 Å². The normalized spacial score (nSPS) is 10.1. The smallest absolute Gasteiger partial charge is 0.358 e. The van der Waals surface area contributed by atoms with E-state index >= 15 is 0 Å². The minimum atomic E-state index is -0.556. The minimum absolute atomic E-state index is 0.151. The van der Waals surface area contributed by atoms with Gasteiger partial charge < -0.3 is 4.74 Å². The van der Waals surface area contributed by atoms with Crippen molar-refractivity contribution in [1.82, 2.24) is 4.98 Å². The largest absolute Gasteiger partial charge is 0.464 e. The second-order valence-electron chi connectivity index (χ2n) is 3.00. The molecule has 0 aliphatic heterocycles. The standard InChI is InChI=1S/C11H8FNO2S/c1-15-11(14)9-10(16-6-13-9)7-4-2-3-5-8(7)12/h2-6H,1H3. The number of rotatable bonds is 2. The first kappa shape index (κ1) is 10.8. The molecule has 0 spiro atoms. The molecular weight excluding hydrogens is 229 g/mol. The summed E-state index contributed by atoms with van der Waals surface area (Å²) in [5.74, 6) is -0.934. The molecule has 0 radical (unpaired) electrons. The number of benzene rings is 1. The second-order valence-corrected chi connectivity index (χ2v) is 3.86. The lowest BCUT2D eigenvalue weighted by Crippen LogP contribution is -2.03. The third-order valence-corrected chi connectivity index (χ3v) is 2.92. The van der Waals surface area contributed by atoms with Crippen LogP contribution in [0.2, 0.25) is 0 Å². The molecule has 0 aliphatic rings. The second kappa shape index (κ2) is 4.40. The van der Waals surface area contributed by atoms with E-state index in [2.05, 4.69) is 9.72 Å². The van der Waals surface area contributed by atoms with Crippen LogP contribution in [0, 0.1) is 5.82 Å². The van der Waals surface area contributed by atoms with Crippen LogP contribution in [0.4, 0.5) is 4.39 Å². The fourth-order valence-corrected chi connectivity index (χ4v) is 2.13. The van der Waals surface area contributed by atoms with Crippen molar-refractivity contribution < 1.29 is 13.9 Å². The predicted molar refractivity (Wildman–Crippen MR) is 58.8 cm³/mol. The molecule has 0 bridgehead atoms. The Morgan fingerprint density at radius 3 is 2.88 bits per heavy atom. The molecule has 3 nitrogen and oxygen atoms in total. The third kappa shape index (κ3) is 1.81. The Morgan fingerprint density at radius 2 is 2.19 bits per heavy atom. The van der Waals surface area contributed by atoms with Gasteiger partial charge in [-0.15, -0.1) is 11.3 Å². The van der Waals surface area contributed by atoms with Crippen LogP contribution in [0.15, 0.2) is 29.8 Å². The van der Waals surface area contributed by atoms with E-state index < -0.39 is 5.97 Å². The van der Waals surface area contributed by atoms with Crippen molar-refractivity contribution >= 4 is 17.3 Å². The summed E-state index contributed by atoms with van der Waals surface area (Å²) < 4.78 is 18.1. The lowest BCUT2D eigenvalue weighted by Gasteiger charge is -2.01. The Hall–Kier alpha value is -1.75. The number of hydrogen-bond donors (Lipinski definition) is 0. The molecule has 2 aromatic rings. The molecule has 1 aromatic heterocycles. The van der Waals surface area contributed by atoms with E-state index in [1.165, 1.54) is 30.0 Å². The highest BCUT2D eigenvalue weighted by Gasteiger charge is 2.18. The van der Waals surface area contributed by atoms with Crippen LogP contribution in [0.3, 0.4) is 0 Å². The quantitative estimate of drug-likeness (QED) is 0.754. The summed E-state index contributed by atoms with van der Waals surface area (Å²) in [7, 11) is 1.27. The van der Waals surface area contributed by atoms with Gasteiger partial charge in [0.05, 0.1) is 17.5 Å². The Kier molecular flexibility index (Phi) is 2.96. The SMILES string of the molecule is COC(=O)c1ncsc1-c1ccccc1F. The summed E-state index contributed by atoms with van der Waals surface area (Å²) in [4.78, 5) is 15.8. The zero-order chi connectivity index (χ0) is 11.5. The number of carbonyl (C=O) groups excluding carboxylic acids is 1. The molecule has 1 heterocycles. The summed E-state index contributed by atoms with van der Waals surface area (Å²) in [5.41, 5.74) is 2.01. The topological polar surface area (TPSA) is 39.2 Å². The van der Waals surface area contributed by atoms with Crippen LogP contribution in [0.25, 0.3) is 10.4 Å². The van der Waals surface area contributed by atoms with E-state index in [1.54, 1.807) is 18.2 Å². The maximum Gasteiger partial charge on any atom is 0.358 e. The highest BCUT2D eigenvalue weighted by Crippen LogP contribution is 2.29. The Bertz CT molecular complexity index is 524. The fourth-order valence-electron chi connectivity index (χ4n) is 1.32. The van der Waals surface area contributed by atoms with Gasteiger partial charge in [0.15, 0.2) is 5.69 Å². The molecule has 0 saturated heterocycles. The first-order valence-electron chi connectivity index (χ1n) is 4.50. The number of thiazole rings is 1. The van der Waals surface area contributed by atoms with Crippen molar-refractivity contribution in [2.75, 3.05) is 7.11 Å². The Labute approximate surface area is 95.5 Å². The maximum atomic E-state index is 13.5. The number of hydrogen-bond acceptors (Lipinski definition) is 4. The molecule has 82 valence electrons. The Morgan fingerprint density at radius 1 is 1.44 bits per heavy atom. The van der Waals surface area contributed by atoms with Gasteiger partial charge >= 0.3 is 5.97 Å². The van der Waals surface area contributed by atoms with Gasteiger partial charge in [0.1, 0.15) is 5.82 Å². The Balaban J connectivity index is 2.53. The summed E-state index contributed by atoms with van der Waals surface area (Å²) in [6.07, 6.45) is 0. The van der Waals surface area contributed by atoms with Crippen LogP contribution in [-0.4, -0.2) is 18.1 Å². The molecule has 0 unspecified atom stereocenters. The minimum Gasteiger partial charge on any atom is -0.464 e. The number of aromatic nitrogens is 1. The zero-order valence-corrected chi connectivity index (χ0v) is 9.25. The molecule has 0 aliphatic carbocycles. The fraction of sp³-hybridized carbons (Fsp3) is 0.0909. The maximum absolute atomic E-state index is 13.5. The van der Waals surface area contributed by atoms with Crippen molar-refractivity contribution in [2.45, 2.75) is 0 Å². The van der Waals surface area contributed by atoms with Crippen molar-refractivity contribution in [3.05, 3.63) is 41.3 Å². The van der Waals surface area contributed by atoms with E-state index in [-0.39, 0.29) is 11.5 Å². The van der Waals surface area contributed by atoms with Gasteiger partial charge in [-0.25, -0.2) is 14.2 Å². The van der Waals surface area contributed by atoms with Crippen LogP contribution in [0.1, 0.15) is 10.5 Å². The molecule has 0 fully saturated rings. The first-order chi connectivity index (χ1) is 7.74. The average Bonchev–Trinajstić information content (AvgIpc) is 2.77. The monoisotopic (exact) mass is 237 g/mol. The van der Waals surface area contributed by atoms with Crippen LogP contribution >= 0.6 is 11.3 Å². The van der Waals surface area contributed by atoms with Gasteiger partial charge in [0, 0.05) is 5.56 Å². The molecule has 2 rings (SSSR count). The van der Waals surface area contributed by atoms with E-state index in [0.717, 1.165) is 0 Å². The van der Waals surface area contributed by atoms with Crippen molar-refractivity contribution in [2.24, 2.45) is 0 Å². The van der Waals surface area contributed by atoms with E-state index in [4.69, 9.17) is 0 Å². The number of nitrogens with zero attached hydrogens (tertiary/aromatic N) is 1. The molecule has 0 N–H and O–H groups in total. The molecule has 1 aromatic carbocycles. The van der Waals surface area contributed by atoms with Gasteiger partial charge in [-0.3, -0.25) is 0 Å². The van der Waals surface area contributed by atoms with Crippen LogP contribution < -0.4 is 0 Å². The molecule has 16 heavy (non-hydrogen) atoms. The molecule has 5 heteroatoms. The lowest BCUT2D eigenvalue weighted by atomic mass is 10.1. The van der Waals surface area contributed by atoms with Crippen molar-refractivity contribution in [3.63, 3.8) is 0 Å². The number of esters is 1. The van der Waals surface area contributed by atoms with Crippen molar-refractivity contribution in [1.29, 1.82) is 0 Å². The number of ether oxygens (including phenoxy) is 1. The van der Waals surface area contributed by atoms with Gasteiger partial charge in [-0.1, -0.05) is 18.2 Å². The zero-order valence-electron chi connectivity index (χ0n) is 8.44. The first-order valence-corrected chi connectivity index (χ1v) is 5.38. The third-order valence-electron chi connectivity index (χ3n) is 2.06. The van der Waals surface area contributed by atoms with Gasteiger partial charge in [0.25, 0.3) is 0 Å². The average molecular weight is 237 g/mol. The van der Waals surface area contributed by atoms with Gasteiger partial charge in [0.2, 0.25) is 0 Å². The molecule has 0 saturated carbocycles. The van der Waals surface area contributed by atoms with Crippen molar-refractivity contribution in [3.8, 4) is 10.4 Å². The molecule has 0 atom stereocenters. The summed E-state index contributed by atoms with van der Waals surface area (Å²) in [5, 5.41) is 0. The number of methoxy groups -OCH3 is 1. The lowest BCUT2D eigenvalue weighted by molar-refractivity contribution is 0.0596. The molecule has 0 amide bonds.